The molecule has 1 saturated heterocycles. The maximum absolute atomic E-state index is 13.5. The zero-order chi connectivity index (χ0) is 23.3. The summed E-state index contributed by atoms with van der Waals surface area (Å²) < 4.78 is 13.5. The van der Waals surface area contributed by atoms with Crippen LogP contribution in [0.4, 0.5) is 9.18 Å². The summed E-state index contributed by atoms with van der Waals surface area (Å²) in [6.07, 6.45) is 1.89. The molecular weight excluding hydrogens is 409 g/mol. The van der Waals surface area contributed by atoms with Gasteiger partial charge in [0, 0.05) is 12.6 Å². The Morgan fingerprint density at radius 3 is 2.34 bits per heavy atom. The molecule has 3 rings (SSSR count). The van der Waals surface area contributed by atoms with E-state index in [0.717, 1.165) is 16.9 Å². The molecule has 0 spiro atoms. The highest BCUT2D eigenvalue weighted by molar-refractivity contribution is 6.09. The molecule has 0 aliphatic carbocycles. The van der Waals surface area contributed by atoms with Gasteiger partial charge in [0.05, 0.1) is 0 Å². The van der Waals surface area contributed by atoms with Crippen molar-refractivity contribution >= 4 is 17.8 Å². The highest BCUT2D eigenvalue weighted by atomic mass is 19.1. The third kappa shape index (κ3) is 4.82. The lowest BCUT2D eigenvalue weighted by Gasteiger charge is -2.29. The van der Waals surface area contributed by atoms with Gasteiger partial charge in [-0.25, -0.2) is 9.18 Å². The maximum Gasteiger partial charge on any atom is 0.325 e. The number of carbonyl (C=O) groups is 3. The number of hydrogen-bond donors (Lipinski definition) is 1. The lowest BCUT2D eigenvalue weighted by Crippen LogP contribution is -2.47. The van der Waals surface area contributed by atoms with E-state index < -0.39 is 23.3 Å². The summed E-state index contributed by atoms with van der Waals surface area (Å²) in [6, 6.07) is 14.5. The van der Waals surface area contributed by atoms with Gasteiger partial charge < -0.3 is 10.2 Å². The van der Waals surface area contributed by atoms with Crippen LogP contribution >= 0.6 is 0 Å². The van der Waals surface area contributed by atoms with Crippen LogP contribution in [0.2, 0.25) is 0 Å². The normalized spacial score (nSPS) is 18.2. The van der Waals surface area contributed by atoms with E-state index in [1.807, 2.05) is 51.1 Å². The quantitative estimate of drug-likeness (QED) is 0.596. The van der Waals surface area contributed by atoms with Crippen molar-refractivity contribution in [3.63, 3.8) is 0 Å². The van der Waals surface area contributed by atoms with E-state index in [0.29, 0.717) is 24.9 Å². The Labute approximate surface area is 188 Å². The summed E-state index contributed by atoms with van der Waals surface area (Å²) in [7, 11) is 0. The highest BCUT2D eigenvalue weighted by Gasteiger charge is 2.52. The van der Waals surface area contributed by atoms with Gasteiger partial charge in [-0.3, -0.25) is 14.5 Å². The Kier molecular flexibility index (Phi) is 7.28. The largest absolute Gasteiger partial charge is 0.334 e. The fraction of sp³-hybridized carbons (Fsp3) is 0.400. The highest BCUT2D eigenvalue weighted by Crippen LogP contribution is 2.34. The lowest BCUT2D eigenvalue weighted by atomic mass is 9.85. The molecule has 0 aromatic heterocycles. The molecule has 0 saturated carbocycles. The van der Waals surface area contributed by atoms with Crippen molar-refractivity contribution in [1.29, 1.82) is 0 Å². The van der Waals surface area contributed by atoms with E-state index in [1.54, 1.807) is 4.90 Å². The number of nitrogens with zero attached hydrogens (tertiary/aromatic N) is 2. The van der Waals surface area contributed by atoms with Crippen LogP contribution in [0.1, 0.15) is 51.2 Å². The number of unbranched alkanes of at least 4 members (excludes halogenated alkanes) is 1. The predicted octanol–water partition coefficient (Wildman–Crippen LogP) is 4.20. The second-order valence-electron chi connectivity index (χ2n) is 8.44. The first-order valence-electron chi connectivity index (χ1n) is 11.0. The Balaban J connectivity index is 1.84. The molecule has 1 aliphatic heterocycles. The summed E-state index contributed by atoms with van der Waals surface area (Å²) in [6.45, 7) is 5.84. The van der Waals surface area contributed by atoms with Gasteiger partial charge in [-0.15, -0.1) is 0 Å². The molecule has 6 nitrogen and oxygen atoms in total. The molecule has 0 bridgehead atoms. The average Bonchev–Trinajstić information content (AvgIpc) is 3.02. The molecular formula is C25H30FN3O3. The smallest absolute Gasteiger partial charge is 0.325 e. The summed E-state index contributed by atoms with van der Waals surface area (Å²) in [4.78, 5) is 42.1. The number of imide groups is 1. The number of nitrogens with one attached hydrogen (secondary N) is 1. The van der Waals surface area contributed by atoms with Crippen LogP contribution in [0.15, 0.2) is 54.6 Å². The molecule has 1 heterocycles. The SMILES string of the molecule is CCCCC1(c2ccc(F)cc2)NC(=O)N(CC(=O)N(Cc2ccccc2)C(C)C)C1=O. The van der Waals surface area contributed by atoms with Gasteiger partial charge in [0.15, 0.2) is 0 Å². The van der Waals surface area contributed by atoms with Crippen molar-refractivity contribution in [3.8, 4) is 0 Å². The van der Waals surface area contributed by atoms with Crippen molar-refractivity contribution < 1.29 is 18.8 Å². The number of benzene rings is 2. The van der Waals surface area contributed by atoms with Crippen LogP contribution in [0, 0.1) is 5.82 Å². The van der Waals surface area contributed by atoms with Crippen molar-refractivity contribution in [2.24, 2.45) is 0 Å². The molecule has 7 heteroatoms. The molecule has 1 aliphatic rings. The van der Waals surface area contributed by atoms with Crippen molar-refractivity contribution in [3.05, 3.63) is 71.5 Å². The number of rotatable bonds is 9. The van der Waals surface area contributed by atoms with E-state index in [9.17, 15) is 18.8 Å². The van der Waals surface area contributed by atoms with Crippen LogP contribution < -0.4 is 5.32 Å². The van der Waals surface area contributed by atoms with Crippen molar-refractivity contribution in [2.75, 3.05) is 6.54 Å². The Morgan fingerprint density at radius 1 is 1.09 bits per heavy atom. The van der Waals surface area contributed by atoms with Gasteiger partial charge >= 0.3 is 6.03 Å². The fourth-order valence-electron chi connectivity index (χ4n) is 4.02. The molecule has 2 aromatic carbocycles. The van der Waals surface area contributed by atoms with Crippen LogP contribution in [0.25, 0.3) is 0 Å². The number of halogens is 1. The second-order valence-corrected chi connectivity index (χ2v) is 8.44. The summed E-state index contributed by atoms with van der Waals surface area (Å²) in [5.41, 5.74) is 0.199. The first kappa shape index (κ1) is 23.4. The third-order valence-electron chi connectivity index (χ3n) is 5.85. The molecule has 32 heavy (non-hydrogen) atoms. The third-order valence-corrected chi connectivity index (χ3v) is 5.85. The van der Waals surface area contributed by atoms with E-state index in [-0.39, 0.29) is 18.5 Å². The summed E-state index contributed by atoms with van der Waals surface area (Å²) in [5.74, 6) is -1.20. The van der Waals surface area contributed by atoms with Gasteiger partial charge in [-0.05, 0) is 43.5 Å². The standard InChI is InChI=1S/C25H30FN3O3/c1-4-5-15-25(20-11-13-21(26)14-12-20)23(31)29(24(32)27-25)17-22(30)28(18(2)3)16-19-9-7-6-8-10-19/h6-14,18H,4-5,15-17H2,1-3H3,(H,27,32). The monoisotopic (exact) mass is 439 g/mol. The lowest BCUT2D eigenvalue weighted by molar-refractivity contribution is -0.140. The fourth-order valence-corrected chi connectivity index (χ4v) is 4.02. The maximum atomic E-state index is 13.5. The molecule has 1 atom stereocenters. The minimum atomic E-state index is -1.29. The van der Waals surface area contributed by atoms with Crippen LogP contribution in [-0.2, 0) is 21.7 Å². The topological polar surface area (TPSA) is 69.7 Å². The molecule has 0 radical (unpaired) electrons. The van der Waals surface area contributed by atoms with E-state index in [4.69, 9.17) is 0 Å². The first-order valence-corrected chi connectivity index (χ1v) is 11.0. The zero-order valence-electron chi connectivity index (χ0n) is 18.8. The van der Waals surface area contributed by atoms with Gasteiger partial charge in [-0.1, -0.05) is 62.2 Å². The average molecular weight is 440 g/mol. The number of carbonyl (C=O) groups excluding carboxylic acids is 3. The molecule has 170 valence electrons. The number of amides is 4. The van der Waals surface area contributed by atoms with E-state index >= 15 is 0 Å². The van der Waals surface area contributed by atoms with Gasteiger partial charge in [0.25, 0.3) is 5.91 Å². The van der Waals surface area contributed by atoms with Crippen molar-refractivity contribution in [2.45, 2.75) is 58.2 Å². The predicted molar refractivity (Wildman–Crippen MR) is 120 cm³/mol. The molecule has 1 fully saturated rings. The van der Waals surface area contributed by atoms with Crippen LogP contribution in [0.3, 0.4) is 0 Å². The molecule has 1 N–H and O–H groups in total. The minimum absolute atomic E-state index is 0.106. The van der Waals surface area contributed by atoms with Gasteiger partial charge in [0.1, 0.15) is 17.9 Å². The Bertz CT molecular complexity index is 962. The summed E-state index contributed by atoms with van der Waals surface area (Å²) in [5, 5.41) is 2.81. The van der Waals surface area contributed by atoms with Gasteiger partial charge in [0.2, 0.25) is 5.91 Å². The van der Waals surface area contributed by atoms with E-state index in [1.165, 1.54) is 24.3 Å². The van der Waals surface area contributed by atoms with E-state index in [2.05, 4.69) is 5.32 Å². The molecule has 4 amide bonds. The van der Waals surface area contributed by atoms with Crippen molar-refractivity contribution in [1.82, 2.24) is 15.1 Å². The van der Waals surface area contributed by atoms with Gasteiger partial charge in [-0.2, -0.15) is 0 Å². The first-order chi connectivity index (χ1) is 15.3. The molecule has 1 unspecified atom stereocenters. The number of hydrogen-bond acceptors (Lipinski definition) is 3. The summed E-state index contributed by atoms with van der Waals surface area (Å²) >= 11 is 0. The Morgan fingerprint density at radius 2 is 1.75 bits per heavy atom. The Hall–Kier alpha value is -3.22. The van der Waals surface area contributed by atoms with Crippen LogP contribution in [0.5, 0.6) is 0 Å². The number of urea groups is 1. The molecule has 2 aromatic rings. The zero-order valence-corrected chi connectivity index (χ0v) is 18.8. The minimum Gasteiger partial charge on any atom is -0.334 e. The second kappa shape index (κ2) is 9.94. The van der Waals surface area contributed by atoms with Crippen LogP contribution in [-0.4, -0.2) is 40.2 Å².